The van der Waals surface area contributed by atoms with Crippen LogP contribution in [0.2, 0.25) is 0 Å². The predicted molar refractivity (Wildman–Crippen MR) is 74.6 cm³/mol. The van der Waals surface area contributed by atoms with Gasteiger partial charge in [0.15, 0.2) is 0 Å². The number of carbonyl (C=O) groups is 1. The van der Waals surface area contributed by atoms with E-state index in [-0.39, 0.29) is 11.9 Å². The van der Waals surface area contributed by atoms with Gasteiger partial charge in [-0.1, -0.05) is 13.8 Å². The van der Waals surface area contributed by atoms with Crippen molar-refractivity contribution in [2.45, 2.75) is 32.9 Å². The highest BCUT2D eigenvalue weighted by Gasteiger charge is 2.15. The monoisotopic (exact) mass is 270 g/mol. The molecular weight excluding hydrogens is 248 g/mol. The fraction of sp³-hybridized carbons (Fsp3) is 0.615. The number of hydrogen-bond donors (Lipinski definition) is 3. The normalized spacial score (nSPS) is 14.5. The maximum absolute atomic E-state index is 11.7. The molecule has 0 aliphatic rings. The Morgan fingerprint density at radius 2 is 2.11 bits per heavy atom. The SMILES string of the molecule is CC(C)CNC(=O)C(C)NCC(O)c1ccsc1. The van der Waals surface area contributed by atoms with E-state index in [1.165, 1.54) is 0 Å². The molecule has 0 fully saturated rings. The zero-order valence-corrected chi connectivity index (χ0v) is 12.0. The van der Waals surface area contributed by atoms with Crippen molar-refractivity contribution >= 4 is 17.2 Å². The molecule has 0 radical (unpaired) electrons. The Hall–Kier alpha value is -0.910. The van der Waals surface area contributed by atoms with Crippen LogP contribution in [-0.4, -0.2) is 30.1 Å². The van der Waals surface area contributed by atoms with Gasteiger partial charge in [0.05, 0.1) is 12.1 Å². The molecule has 18 heavy (non-hydrogen) atoms. The average molecular weight is 270 g/mol. The summed E-state index contributed by atoms with van der Waals surface area (Å²) in [6, 6.07) is 1.59. The summed E-state index contributed by atoms with van der Waals surface area (Å²) in [5.74, 6) is 0.416. The zero-order valence-electron chi connectivity index (χ0n) is 11.1. The number of carbonyl (C=O) groups excluding carboxylic acids is 1. The van der Waals surface area contributed by atoms with E-state index < -0.39 is 6.10 Å². The van der Waals surface area contributed by atoms with Gasteiger partial charge in [0.25, 0.3) is 0 Å². The molecule has 0 spiro atoms. The molecular formula is C13H22N2O2S. The van der Waals surface area contributed by atoms with Crippen molar-refractivity contribution in [2.24, 2.45) is 5.92 Å². The Kier molecular flexibility index (Phi) is 6.32. The lowest BCUT2D eigenvalue weighted by Crippen LogP contribution is -2.44. The first-order valence-corrected chi connectivity index (χ1v) is 7.16. The highest BCUT2D eigenvalue weighted by Crippen LogP contribution is 2.15. The minimum absolute atomic E-state index is 0.0266. The van der Waals surface area contributed by atoms with Gasteiger partial charge < -0.3 is 15.7 Å². The second kappa shape index (κ2) is 7.51. The number of rotatable bonds is 7. The van der Waals surface area contributed by atoms with Gasteiger partial charge in [-0.15, -0.1) is 0 Å². The van der Waals surface area contributed by atoms with E-state index in [9.17, 15) is 9.90 Å². The molecule has 1 aromatic rings. The van der Waals surface area contributed by atoms with E-state index in [1.54, 1.807) is 18.3 Å². The van der Waals surface area contributed by atoms with Crippen LogP contribution in [0.15, 0.2) is 16.8 Å². The number of hydrogen-bond acceptors (Lipinski definition) is 4. The lowest BCUT2D eigenvalue weighted by molar-refractivity contribution is -0.123. The van der Waals surface area contributed by atoms with Gasteiger partial charge in [0.2, 0.25) is 5.91 Å². The smallest absolute Gasteiger partial charge is 0.236 e. The Bertz CT molecular complexity index is 352. The summed E-state index contributed by atoms with van der Waals surface area (Å²) in [5, 5.41) is 19.6. The van der Waals surface area contributed by atoms with E-state index in [2.05, 4.69) is 24.5 Å². The molecule has 0 bridgehead atoms. The Morgan fingerprint density at radius 1 is 1.39 bits per heavy atom. The van der Waals surface area contributed by atoms with Gasteiger partial charge in [-0.3, -0.25) is 4.79 Å². The molecule has 4 nitrogen and oxygen atoms in total. The molecule has 1 rings (SSSR count). The number of amides is 1. The minimum atomic E-state index is -0.559. The molecule has 1 heterocycles. The fourth-order valence-corrected chi connectivity index (χ4v) is 2.13. The van der Waals surface area contributed by atoms with Crippen LogP contribution >= 0.6 is 11.3 Å². The first-order valence-electron chi connectivity index (χ1n) is 6.22. The van der Waals surface area contributed by atoms with Gasteiger partial charge in [-0.2, -0.15) is 11.3 Å². The lowest BCUT2D eigenvalue weighted by atomic mass is 10.2. The van der Waals surface area contributed by atoms with Crippen molar-refractivity contribution in [3.8, 4) is 0 Å². The molecule has 0 aromatic carbocycles. The molecule has 2 atom stereocenters. The third-order valence-electron chi connectivity index (χ3n) is 2.62. The standard InChI is InChI=1S/C13H22N2O2S/c1-9(2)6-15-13(17)10(3)14-7-12(16)11-4-5-18-8-11/h4-5,8-10,12,14,16H,6-7H2,1-3H3,(H,15,17). The van der Waals surface area contributed by atoms with Crippen LogP contribution in [0, 0.1) is 5.92 Å². The van der Waals surface area contributed by atoms with Gasteiger partial charge in [0, 0.05) is 13.1 Å². The second-order valence-electron chi connectivity index (χ2n) is 4.84. The van der Waals surface area contributed by atoms with E-state index in [4.69, 9.17) is 0 Å². The van der Waals surface area contributed by atoms with Crippen molar-refractivity contribution in [1.29, 1.82) is 0 Å². The summed E-state index contributed by atoms with van der Waals surface area (Å²) in [6.07, 6.45) is -0.559. The van der Waals surface area contributed by atoms with Crippen LogP contribution in [0.1, 0.15) is 32.4 Å². The number of aliphatic hydroxyl groups is 1. The average Bonchev–Trinajstić information content (AvgIpc) is 2.86. The lowest BCUT2D eigenvalue weighted by Gasteiger charge is -2.17. The number of thiophene rings is 1. The quantitative estimate of drug-likeness (QED) is 0.704. The first kappa shape index (κ1) is 15.1. The minimum Gasteiger partial charge on any atom is -0.387 e. The molecule has 5 heteroatoms. The molecule has 1 amide bonds. The molecule has 2 unspecified atom stereocenters. The largest absolute Gasteiger partial charge is 0.387 e. The highest BCUT2D eigenvalue weighted by atomic mass is 32.1. The molecule has 0 aliphatic heterocycles. The van der Waals surface area contributed by atoms with Gasteiger partial charge in [-0.05, 0) is 35.2 Å². The van der Waals surface area contributed by atoms with Crippen molar-refractivity contribution in [3.63, 3.8) is 0 Å². The summed E-state index contributed by atoms with van der Waals surface area (Å²) in [6.45, 7) is 6.97. The molecule has 3 N–H and O–H groups in total. The van der Waals surface area contributed by atoms with E-state index >= 15 is 0 Å². The third-order valence-corrected chi connectivity index (χ3v) is 3.32. The van der Waals surface area contributed by atoms with Crippen molar-refractivity contribution in [2.75, 3.05) is 13.1 Å². The van der Waals surface area contributed by atoms with Crippen molar-refractivity contribution < 1.29 is 9.90 Å². The maximum Gasteiger partial charge on any atom is 0.236 e. The maximum atomic E-state index is 11.7. The Labute approximate surface area is 112 Å². The number of aliphatic hydroxyl groups excluding tert-OH is 1. The van der Waals surface area contributed by atoms with Crippen LogP contribution in [0.4, 0.5) is 0 Å². The van der Waals surface area contributed by atoms with Gasteiger partial charge >= 0.3 is 0 Å². The fourth-order valence-electron chi connectivity index (χ4n) is 1.42. The summed E-state index contributed by atoms with van der Waals surface area (Å²) in [5.41, 5.74) is 0.891. The summed E-state index contributed by atoms with van der Waals surface area (Å²) in [4.78, 5) is 11.7. The van der Waals surface area contributed by atoms with Crippen molar-refractivity contribution in [3.05, 3.63) is 22.4 Å². The molecule has 0 saturated carbocycles. The summed E-state index contributed by atoms with van der Waals surface area (Å²) < 4.78 is 0. The van der Waals surface area contributed by atoms with E-state index in [0.717, 1.165) is 5.56 Å². The molecule has 0 saturated heterocycles. The molecule has 0 aliphatic carbocycles. The Balaban J connectivity index is 2.28. The van der Waals surface area contributed by atoms with E-state index in [1.807, 2.05) is 16.8 Å². The predicted octanol–water partition coefficient (Wildman–Crippen LogP) is 1.53. The van der Waals surface area contributed by atoms with Crippen LogP contribution in [0.25, 0.3) is 0 Å². The van der Waals surface area contributed by atoms with Gasteiger partial charge in [-0.25, -0.2) is 0 Å². The number of nitrogens with one attached hydrogen (secondary N) is 2. The van der Waals surface area contributed by atoms with Crippen LogP contribution in [0.5, 0.6) is 0 Å². The highest BCUT2D eigenvalue weighted by molar-refractivity contribution is 7.07. The van der Waals surface area contributed by atoms with Crippen LogP contribution in [0.3, 0.4) is 0 Å². The van der Waals surface area contributed by atoms with Crippen LogP contribution < -0.4 is 10.6 Å². The summed E-state index contributed by atoms with van der Waals surface area (Å²) >= 11 is 1.55. The summed E-state index contributed by atoms with van der Waals surface area (Å²) in [7, 11) is 0. The Morgan fingerprint density at radius 3 is 2.67 bits per heavy atom. The van der Waals surface area contributed by atoms with Gasteiger partial charge in [0.1, 0.15) is 0 Å². The second-order valence-corrected chi connectivity index (χ2v) is 5.62. The topological polar surface area (TPSA) is 61.4 Å². The first-order chi connectivity index (χ1) is 8.50. The molecule has 102 valence electrons. The zero-order chi connectivity index (χ0) is 13.5. The van der Waals surface area contributed by atoms with Crippen molar-refractivity contribution in [1.82, 2.24) is 10.6 Å². The molecule has 1 aromatic heterocycles. The van der Waals surface area contributed by atoms with E-state index in [0.29, 0.717) is 19.0 Å². The third kappa shape index (κ3) is 5.16. The van der Waals surface area contributed by atoms with Crippen LogP contribution in [-0.2, 0) is 4.79 Å².